The number of carbonyl (C=O) groups is 1. The van der Waals surface area contributed by atoms with Gasteiger partial charge >= 0.3 is 6.09 Å². The van der Waals surface area contributed by atoms with Crippen LogP contribution in [-0.4, -0.2) is 29.7 Å². The highest BCUT2D eigenvalue weighted by molar-refractivity contribution is 9.10. The van der Waals surface area contributed by atoms with Crippen LogP contribution >= 0.6 is 15.9 Å². The predicted octanol–water partition coefficient (Wildman–Crippen LogP) is 5.57. The molecule has 0 aromatic heterocycles. The van der Waals surface area contributed by atoms with Crippen molar-refractivity contribution in [1.82, 2.24) is 4.90 Å². The quantitative estimate of drug-likeness (QED) is 0.658. The van der Waals surface area contributed by atoms with E-state index in [1.54, 1.807) is 0 Å². The first kappa shape index (κ1) is 18.0. The molecule has 2 atom stereocenters. The zero-order valence-electron chi connectivity index (χ0n) is 14.9. The molecule has 0 bridgehead atoms. The molecule has 132 valence electrons. The second-order valence-electron chi connectivity index (χ2n) is 7.56. The van der Waals surface area contributed by atoms with Crippen LogP contribution in [0.15, 0.2) is 59.1 Å². The van der Waals surface area contributed by atoms with Crippen LogP contribution in [0.25, 0.3) is 0 Å². The van der Waals surface area contributed by atoms with Crippen LogP contribution in [-0.2, 0) is 4.74 Å². The van der Waals surface area contributed by atoms with E-state index in [1.165, 1.54) is 11.1 Å². The monoisotopic (exact) mass is 401 g/mol. The highest BCUT2D eigenvalue weighted by Crippen LogP contribution is 2.40. The number of ether oxygens (including phenoxy) is 1. The Bertz CT molecular complexity index is 722. The maximum atomic E-state index is 12.6. The van der Waals surface area contributed by atoms with E-state index in [-0.39, 0.29) is 17.9 Å². The Morgan fingerprint density at radius 1 is 0.960 bits per heavy atom. The number of rotatable bonds is 2. The van der Waals surface area contributed by atoms with Gasteiger partial charge in [-0.2, -0.15) is 0 Å². The normalized spacial score (nSPS) is 20.6. The van der Waals surface area contributed by atoms with Crippen LogP contribution in [0.4, 0.5) is 4.79 Å². The second-order valence-corrected chi connectivity index (χ2v) is 8.48. The van der Waals surface area contributed by atoms with Crippen molar-refractivity contribution < 1.29 is 9.53 Å². The van der Waals surface area contributed by atoms with Gasteiger partial charge in [0.05, 0.1) is 0 Å². The molecular weight excluding hydrogens is 378 g/mol. The largest absolute Gasteiger partial charge is 0.444 e. The number of amides is 1. The minimum Gasteiger partial charge on any atom is -0.444 e. The molecule has 0 aliphatic carbocycles. The molecule has 0 spiro atoms. The van der Waals surface area contributed by atoms with Crippen molar-refractivity contribution in [3.05, 3.63) is 70.2 Å². The summed E-state index contributed by atoms with van der Waals surface area (Å²) in [5, 5.41) is 0. The minimum atomic E-state index is -0.477. The van der Waals surface area contributed by atoms with Gasteiger partial charge < -0.3 is 9.64 Å². The molecule has 0 radical (unpaired) electrons. The SMILES string of the molecule is CC(C)(C)OC(=O)N1C[C@@H](c2ccccc2)[C@H](c2ccc(Br)cc2)C1. The summed E-state index contributed by atoms with van der Waals surface area (Å²) in [7, 11) is 0. The molecular formula is C21H24BrNO2. The lowest BCUT2D eigenvalue weighted by Crippen LogP contribution is -2.35. The molecule has 0 unspecified atom stereocenters. The molecule has 0 saturated carbocycles. The molecule has 1 aliphatic heterocycles. The van der Waals surface area contributed by atoms with Crippen molar-refractivity contribution in [1.29, 1.82) is 0 Å². The number of likely N-dealkylation sites (tertiary alicyclic amines) is 1. The van der Waals surface area contributed by atoms with Crippen molar-refractivity contribution in [2.45, 2.75) is 38.2 Å². The summed E-state index contributed by atoms with van der Waals surface area (Å²) in [4.78, 5) is 14.4. The topological polar surface area (TPSA) is 29.5 Å². The van der Waals surface area contributed by atoms with Gasteiger partial charge in [0.25, 0.3) is 0 Å². The number of halogens is 1. The van der Waals surface area contributed by atoms with Gasteiger partial charge in [-0.15, -0.1) is 0 Å². The standard InChI is InChI=1S/C21H24BrNO2/c1-21(2,3)25-20(24)23-13-18(15-7-5-4-6-8-15)19(14-23)16-9-11-17(22)12-10-16/h4-12,18-19H,13-14H2,1-3H3/t18-,19-/m0/s1. The van der Waals surface area contributed by atoms with E-state index in [0.29, 0.717) is 13.1 Å². The zero-order valence-corrected chi connectivity index (χ0v) is 16.5. The first-order chi connectivity index (χ1) is 11.8. The van der Waals surface area contributed by atoms with Crippen LogP contribution in [0, 0.1) is 0 Å². The molecule has 1 aliphatic rings. The van der Waals surface area contributed by atoms with E-state index in [4.69, 9.17) is 4.74 Å². The molecule has 2 aromatic carbocycles. The first-order valence-electron chi connectivity index (χ1n) is 8.62. The number of nitrogens with zero attached hydrogens (tertiary/aromatic N) is 1. The molecule has 3 nitrogen and oxygen atoms in total. The van der Waals surface area contributed by atoms with Crippen LogP contribution in [0.2, 0.25) is 0 Å². The molecule has 1 heterocycles. The fourth-order valence-corrected chi connectivity index (χ4v) is 3.63. The van der Waals surface area contributed by atoms with Gasteiger partial charge in [-0.25, -0.2) is 4.79 Å². The van der Waals surface area contributed by atoms with E-state index >= 15 is 0 Å². The lowest BCUT2D eigenvalue weighted by atomic mass is 9.84. The smallest absolute Gasteiger partial charge is 0.410 e. The maximum Gasteiger partial charge on any atom is 0.410 e. The predicted molar refractivity (Wildman–Crippen MR) is 104 cm³/mol. The number of benzene rings is 2. The maximum absolute atomic E-state index is 12.6. The average molecular weight is 402 g/mol. The highest BCUT2D eigenvalue weighted by Gasteiger charge is 2.38. The van der Waals surface area contributed by atoms with Gasteiger partial charge in [-0.1, -0.05) is 58.4 Å². The third-order valence-corrected chi connectivity index (χ3v) is 5.03. The van der Waals surface area contributed by atoms with Gasteiger partial charge in [0.1, 0.15) is 5.60 Å². The fraction of sp³-hybridized carbons (Fsp3) is 0.381. The molecule has 0 N–H and O–H groups in total. The number of hydrogen-bond acceptors (Lipinski definition) is 2. The highest BCUT2D eigenvalue weighted by atomic mass is 79.9. The molecule has 3 rings (SSSR count). The summed E-state index contributed by atoms with van der Waals surface area (Å²) in [5.74, 6) is 0.540. The second kappa shape index (κ2) is 7.20. The molecule has 1 fully saturated rings. The minimum absolute atomic E-state index is 0.229. The Morgan fingerprint density at radius 2 is 1.48 bits per heavy atom. The summed E-state index contributed by atoms with van der Waals surface area (Å²) >= 11 is 3.50. The summed E-state index contributed by atoms with van der Waals surface area (Å²) in [6.07, 6.45) is -0.229. The Hall–Kier alpha value is -1.81. The molecule has 2 aromatic rings. The van der Waals surface area contributed by atoms with Crippen LogP contribution in [0.3, 0.4) is 0 Å². The Labute approximate surface area is 158 Å². The van der Waals surface area contributed by atoms with E-state index in [1.807, 2.05) is 31.7 Å². The summed E-state index contributed by atoms with van der Waals surface area (Å²) in [5.41, 5.74) is 2.04. The van der Waals surface area contributed by atoms with Crippen LogP contribution in [0.5, 0.6) is 0 Å². The Balaban J connectivity index is 1.87. The van der Waals surface area contributed by atoms with Gasteiger partial charge in [0, 0.05) is 29.4 Å². The summed E-state index contributed by atoms with van der Waals surface area (Å²) < 4.78 is 6.65. The number of carbonyl (C=O) groups excluding carboxylic acids is 1. The van der Waals surface area contributed by atoms with E-state index < -0.39 is 5.60 Å². The third kappa shape index (κ3) is 4.43. The van der Waals surface area contributed by atoms with Gasteiger partial charge in [-0.3, -0.25) is 0 Å². The molecule has 4 heteroatoms. The van der Waals surface area contributed by atoms with Gasteiger partial charge in [0.2, 0.25) is 0 Å². The lowest BCUT2D eigenvalue weighted by Gasteiger charge is -2.24. The van der Waals surface area contributed by atoms with Crippen molar-refractivity contribution in [3.8, 4) is 0 Å². The Morgan fingerprint density at radius 3 is 2.00 bits per heavy atom. The zero-order chi connectivity index (χ0) is 18.0. The van der Waals surface area contributed by atoms with Crippen molar-refractivity contribution in [3.63, 3.8) is 0 Å². The van der Waals surface area contributed by atoms with Crippen molar-refractivity contribution in [2.24, 2.45) is 0 Å². The molecule has 25 heavy (non-hydrogen) atoms. The van der Waals surface area contributed by atoms with Crippen LogP contribution < -0.4 is 0 Å². The number of hydrogen-bond donors (Lipinski definition) is 0. The van der Waals surface area contributed by atoms with Crippen molar-refractivity contribution in [2.75, 3.05) is 13.1 Å². The van der Waals surface area contributed by atoms with E-state index in [0.717, 1.165) is 4.47 Å². The lowest BCUT2D eigenvalue weighted by molar-refractivity contribution is 0.0290. The van der Waals surface area contributed by atoms with Crippen LogP contribution in [0.1, 0.15) is 43.7 Å². The average Bonchev–Trinajstić information content (AvgIpc) is 3.00. The fourth-order valence-electron chi connectivity index (χ4n) is 3.37. The van der Waals surface area contributed by atoms with E-state index in [2.05, 4.69) is 64.5 Å². The molecule has 1 amide bonds. The Kier molecular flexibility index (Phi) is 5.19. The summed E-state index contributed by atoms with van der Waals surface area (Å²) in [6, 6.07) is 18.9. The third-order valence-electron chi connectivity index (χ3n) is 4.50. The first-order valence-corrected chi connectivity index (χ1v) is 9.41. The molecule has 1 saturated heterocycles. The van der Waals surface area contributed by atoms with Gasteiger partial charge in [-0.05, 0) is 44.0 Å². The van der Waals surface area contributed by atoms with E-state index in [9.17, 15) is 4.79 Å². The van der Waals surface area contributed by atoms with Crippen molar-refractivity contribution >= 4 is 22.0 Å². The summed E-state index contributed by atoms with van der Waals surface area (Å²) in [6.45, 7) is 7.07. The van der Waals surface area contributed by atoms with Gasteiger partial charge in [0.15, 0.2) is 0 Å².